The van der Waals surface area contributed by atoms with Gasteiger partial charge in [-0.2, -0.15) is 8.42 Å². The van der Waals surface area contributed by atoms with E-state index in [1.54, 1.807) is 0 Å². The zero-order chi connectivity index (χ0) is 14.8. The highest BCUT2D eigenvalue weighted by atomic mass is 35.5. The predicted molar refractivity (Wildman–Crippen MR) is 63.5 cm³/mol. The number of aliphatic carboxylic acids is 1. The molecular formula is C9H8ClNO7S. The number of nitro groups is 1. The van der Waals surface area contributed by atoms with Gasteiger partial charge >= 0.3 is 5.97 Å². The fraction of sp³-hybridized carbons (Fsp3) is 0.222. The van der Waals surface area contributed by atoms with Gasteiger partial charge in [-0.25, -0.2) is 4.79 Å². The van der Waals surface area contributed by atoms with Crippen LogP contribution in [-0.4, -0.2) is 30.5 Å². The van der Waals surface area contributed by atoms with Crippen LogP contribution in [0.1, 0.15) is 6.92 Å². The minimum atomic E-state index is -4.42. The van der Waals surface area contributed by atoms with Crippen molar-refractivity contribution in [1.29, 1.82) is 0 Å². The first kappa shape index (κ1) is 15.3. The summed E-state index contributed by atoms with van der Waals surface area (Å²) in [4.78, 5) is 19.7. The van der Waals surface area contributed by atoms with Crippen LogP contribution in [0.5, 0.6) is 0 Å². The number of benzene rings is 1. The summed E-state index contributed by atoms with van der Waals surface area (Å²) in [6.07, 6.45) is -1.61. The van der Waals surface area contributed by atoms with Gasteiger partial charge in [-0.1, -0.05) is 11.6 Å². The Kier molecular flexibility index (Phi) is 4.45. The lowest BCUT2D eigenvalue weighted by Crippen LogP contribution is -2.23. The highest BCUT2D eigenvalue weighted by molar-refractivity contribution is 7.86. The predicted octanol–water partition coefficient (Wildman–Crippen LogP) is 1.43. The number of carboxylic acid groups (broad SMARTS) is 1. The van der Waals surface area contributed by atoms with Gasteiger partial charge in [-0.05, 0) is 19.1 Å². The summed E-state index contributed by atoms with van der Waals surface area (Å²) in [6, 6.07) is 2.70. The van der Waals surface area contributed by atoms with Gasteiger partial charge in [0.2, 0.25) is 0 Å². The Labute approximate surface area is 112 Å². The highest BCUT2D eigenvalue weighted by Gasteiger charge is 2.26. The van der Waals surface area contributed by atoms with E-state index in [1.165, 1.54) is 0 Å². The Hall–Kier alpha value is -1.71. The normalized spacial score (nSPS) is 12.9. The number of hydrogen-bond acceptors (Lipinski definition) is 6. The lowest BCUT2D eigenvalue weighted by Gasteiger charge is -2.09. The number of carbonyl (C=O) groups is 1. The molecule has 1 N–H and O–H groups in total. The van der Waals surface area contributed by atoms with E-state index in [-0.39, 0.29) is 5.02 Å². The van der Waals surface area contributed by atoms with Gasteiger partial charge < -0.3 is 5.11 Å². The van der Waals surface area contributed by atoms with E-state index in [4.69, 9.17) is 16.7 Å². The third-order valence-corrected chi connectivity index (χ3v) is 3.71. The molecule has 1 atom stereocenters. The van der Waals surface area contributed by atoms with Crippen LogP contribution >= 0.6 is 11.6 Å². The van der Waals surface area contributed by atoms with Gasteiger partial charge in [0, 0.05) is 6.07 Å². The number of carboxylic acids is 1. The van der Waals surface area contributed by atoms with E-state index in [1.807, 2.05) is 0 Å². The minimum Gasteiger partial charge on any atom is -0.479 e. The second-order valence-corrected chi connectivity index (χ2v) is 5.38. The van der Waals surface area contributed by atoms with Crippen LogP contribution in [-0.2, 0) is 19.1 Å². The van der Waals surface area contributed by atoms with E-state index in [9.17, 15) is 23.3 Å². The Balaban J connectivity index is 3.19. The molecule has 0 amide bonds. The van der Waals surface area contributed by atoms with Gasteiger partial charge in [0.25, 0.3) is 15.8 Å². The molecule has 0 fully saturated rings. The van der Waals surface area contributed by atoms with E-state index < -0.39 is 37.7 Å². The highest BCUT2D eigenvalue weighted by Crippen LogP contribution is 2.28. The standard InChI is InChI=1S/C9H8ClNO7S/c1-5(9(12)13)18-19(16,17)6-2-3-7(10)8(4-6)11(14)15/h2-5H,1H3,(H,12,13)/t5-/m0/s1. The van der Waals surface area contributed by atoms with Crippen molar-refractivity contribution in [2.75, 3.05) is 0 Å². The second kappa shape index (κ2) is 5.51. The first-order chi connectivity index (χ1) is 8.65. The van der Waals surface area contributed by atoms with Gasteiger partial charge in [-0.15, -0.1) is 0 Å². The molecule has 19 heavy (non-hydrogen) atoms. The van der Waals surface area contributed by atoms with Gasteiger partial charge in [0.05, 0.1) is 4.92 Å². The smallest absolute Gasteiger partial charge is 0.334 e. The summed E-state index contributed by atoms with van der Waals surface area (Å²) in [6.45, 7) is 1.02. The van der Waals surface area contributed by atoms with Crippen LogP contribution in [0.25, 0.3) is 0 Å². The lowest BCUT2D eigenvalue weighted by molar-refractivity contribution is -0.384. The maximum atomic E-state index is 11.7. The molecule has 0 aliphatic rings. The quantitative estimate of drug-likeness (QED) is 0.495. The fourth-order valence-electron chi connectivity index (χ4n) is 1.07. The van der Waals surface area contributed by atoms with Gasteiger partial charge in [0.15, 0.2) is 6.10 Å². The number of nitrogens with zero attached hydrogens (tertiary/aromatic N) is 1. The van der Waals surface area contributed by atoms with E-state index in [2.05, 4.69) is 4.18 Å². The molecule has 0 saturated carbocycles. The van der Waals surface area contributed by atoms with Crippen LogP contribution in [0.4, 0.5) is 5.69 Å². The van der Waals surface area contributed by atoms with E-state index in [0.29, 0.717) is 6.07 Å². The van der Waals surface area contributed by atoms with Crippen LogP contribution in [0.15, 0.2) is 23.1 Å². The molecule has 0 saturated heterocycles. The average Bonchev–Trinajstić information content (AvgIpc) is 2.27. The second-order valence-electron chi connectivity index (χ2n) is 3.40. The van der Waals surface area contributed by atoms with E-state index in [0.717, 1.165) is 19.1 Å². The molecule has 0 unspecified atom stereocenters. The molecule has 1 aromatic rings. The molecule has 0 spiro atoms. The molecule has 1 aromatic carbocycles. The summed E-state index contributed by atoms with van der Waals surface area (Å²) in [5, 5.41) is 18.9. The first-order valence-electron chi connectivity index (χ1n) is 4.75. The maximum Gasteiger partial charge on any atom is 0.334 e. The molecular weight excluding hydrogens is 302 g/mol. The van der Waals surface area contributed by atoms with Crippen molar-refractivity contribution in [3.05, 3.63) is 33.3 Å². The van der Waals surface area contributed by atoms with Crippen molar-refractivity contribution in [2.45, 2.75) is 17.9 Å². The number of rotatable bonds is 5. The Morgan fingerprint density at radius 1 is 1.53 bits per heavy atom. The molecule has 0 radical (unpaired) electrons. The molecule has 104 valence electrons. The summed E-state index contributed by atoms with van der Waals surface area (Å²) < 4.78 is 27.7. The van der Waals surface area contributed by atoms with Crippen molar-refractivity contribution in [3.63, 3.8) is 0 Å². The van der Waals surface area contributed by atoms with Crippen molar-refractivity contribution in [1.82, 2.24) is 0 Å². The summed E-state index contributed by atoms with van der Waals surface area (Å²) >= 11 is 5.53. The average molecular weight is 310 g/mol. The number of hydrogen-bond donors (Lipinski definition) is 1. The van der Waals surface area contributed by atoms with Crippen LogP contribution in [0, 0.1) is 10.1 Å². The zero-order valence-electron chi connectivity index (χ0n) is 9.44. The van der Waals surface area contributed by atoms with Crippen molar-refractivity contribution < 1.29 is 27.4 Å². The molecule has 0 aliphatic heterocycles. The molecule has 0 aliphatic carbocycles. The van der Waals surface area contributed by atoms with Crippen LogP contribution in [0.2, 0.25) is 5.02 Å². The Bertz CT molecular complexity index is 627. The molecule has 0 heterocycles. The van der Waals surface area contributed by atoms with Crippen molar-refractivity contribution in [2.24, 2.45) is 0 Å². The van der Waals surface area contributed by atoms with Crippen molar-refractivity contribution >= 4 is 33.4 Å². The van der Waals surface area contributed by atoms with Crippen molar-refractivity contribution in [3.8, 4) is 0 Å². The number of nitro benzene ring substituents is 1. The zero-order valence-corrected chi connectivity index (χ0v) is 11.0. The third kappa shape index (κ3) is 3.63. The summed E-state index contributed by atoms with van der Waals surface area (Å²) in [5.74, 6) is -1.48. The topological polar surface area (TPSA) is 124 Å². The van der Waals surface area contributed by atoms with Gasteiger partial charge in [-0.3, -0.25) is 14.3 Å². The molecule has 0 aromatic heterocycles. The minimum absolute atomic E-state index is 0.241. The lowest BCUT2D eigenvalue weighted by atomic mass is 10.3. The first-order valence-corrected chi connectivity index (χ1v) is 6.54. The van der Waals surface area contributed by atoms with E-state index >= 15 is 0 Å². The summed E-state index contributed by atoms with van der Waals surface area (Å²) in [5.41, 5.74) is -0.616. The van der Waals surface area contributed by atoms with Crippen LogP contribution < -0.4 is 0 Å². The third-order valence-electron chi connectivity index (χ3n) is 2.02. The van der Waals surface area contributed by atoms with Crippen LogP contribution in [0.3, 0.4) is 0 Å². The molecule has 1 rings (SSSR count). The Morgan fingerprint density at radius 2 is 2.11 bits per heavy atom. The fourth-order valence-corrected chi connectivity index (χ4v) is 2.33. The monoisotopic (exact) mass is 309 g/mol. The maximum absolute atomic E-state index is 11.7. The summed E-state index contributed by atoms with van der Waals surface area (Å²) in [7, 11) is -4.42. The SMILES string of the molecule is C[C@H](OS(=O)(=O)c1ccc(Cl)c([N+](=O)[O-])c1)C(=O)O. The largest absolute Gasteiger partial charge is 0.479 e. The Morgan fingerprint density at radius 3 is 2.58 bits per heavy atom. The molecule has 8 nitrogen and oxygen atoms in total. The molecule has 0 bridgehead atoms. The molecule has 10 heteroatoms. The van der Waals surface area contributed by atoms with Gasteiger partial charge in [0.1, 0.15) is 9.92 Å². The number of halogens is 1.